The summed E-state index contributed by atoms with van der Waals surface area (Å²) in [6.07, 6.45) is 0. The zero-order chi connectivity index (χ0) is 14.5. The van der Waals surface area contributed by atoms with Crippen molar-refractivity contribution < 1.29 is 9.53 Å². The Labute approximate surface area is 115 Å². The topological polar surface area (TPSA) is 84.1 Å². The second kappa shape index (κ2) is 6.01. The highest BCUT2D eigenvalue weighted by atomic mass is 16.5. The lowest BCUT2D eigenvalue weighted by Crippen LogP contribution is -2.14. The summed E-state index contributed by atoms with van der Waals surface area (Å²) in [6, 6.07) is 8.48. The number of aromatic nitrogens is 2. The Hall–Kier alpha value is -2.63. The number of nitrogens with one attached hydrogen (secondary N) is 2. The van der Waals surface area contributed by atoms with Crippen LogP contribution in [0.3, 0.4) is 0 Å². The van der Waals surface area contributed by atoms with E-state index in [4.69, 9.17) is 4.74 Å². The Morgan fingerprint density at radius 2 is 2.15 bits per heavy atom. The molecule has 0 atom stereocenters. The maximum absolute atomic E-state index is 11.6. The van der Waals surface area contributed by atoms with Gasteiger partial charge in [-0.25, -0.2) is 4.98 Å². The lowest BCUT2D eigenvalue weighted by molar-refractivity contribution is -0.114. The van der Waals surface area contributed by atoms with Crippen LogP contribution in [0.2, 0.25) is 0 Å². The lowest BCUT2D eigenvalue weighted by Gasteiger charge is -2.10. The summed E-state index contributed by atoms with van der Waals surface area (Å²) in [5.41, 5.74) is 0.323. The average molecular weight is 273 g/mol. The van der Waals surface area contributed by atoms with E-state index < -0.39 is 0 Å². The number of rotatable bonds is 4. The van der Waals surface area contributed by atoms with E-state index in [2.05, 4.69) is 15.3 Å². The van der Waals surface area contributed by atoms with Gasteiger partial charge in [-0.05, 0) is 19.1 Å². The van der Waals surface area contributed by atoms with Gasteiger partial charge in [-0.2, -0.15) is 0 Å². The number of para-hydroxylation sites is 1. The van der Waals surface area contributed by atoms with Gasteiger partial charge in [0, 0.05) is 13.0 Å². The molecule has 0 aliphatic carbocycles. The van der Waals surface area contributed by atoms with E-state index in [-0.39, 0.29) is 17.3 Å². The summed E-state index contributed by atoms with van der Waals surface area (Å²) in [4.78, 5) is 29.6. The number of carbonyl (C=O) groups excluding carboxylic acids is 1. The minimum atomic E-state index is -0.343. The number of carbonyl (C=O) groups is 1. The molecule has 0 aliphatic rings. The van der Waals surface area contributed by atoms with Gasteiger partial charge in [-0.3, -0.25) is 9.59 Å². The van der Waals surface area contributed by atoms with Crippen LogP contribution in [-0.2, 0) is 4.79 Å². The second-order valence-corrected chi connectivity index (χ2v) is 4.09. The zero-order valence-corrected chi connectivity index (χ0v) is 11.3. The molecule has 1 aromatic heterocycles. The summed E-state index contributed by atoms with van der Waals surface area (Å²) in [6.45, 7) is 3.74. The minimum Gasteiger partial charge on any atom is -0.493 e. The van der Waals surface area contributed by atoms with E-state index in [1.807, 2.05) is 19.1 Å². The first kappa shape index (κ1) is 13.8. The SMILES string of the molecule is CCOc1ccccc1-c1nc(NC(C)=O)cc(=O)[nH]1. The number of ether oxygens (including phenoxy) is 1. The first-order valence-corrected chi connectivity index (χ1v) is 6.21. The van der Waals surface area contributed by atoms with Crippen LogP contribution in [-0.4, -0.2) is 22.5 Å². The van der Waals surface area contributed by atoms with Crippen LogP contribution in [0.1, 0.15) is 13.8 Å². The molecule has 6 heteroatoms. The predicted octanol–water partition coefficient (Wildman–Crippen LogP) is 1.79. The van der Waals surface area contributed by atoms with Crippen molar-refractivity contribution in [2.45, 2.75) is 13.8 Å². The van der Waals surface area contributed by atoms with Crippen molar-refractivity contribution >= 4 is 11.7 Å². The van der Waals surface area contributed by atoms with Crippen LogP contribution in [0.4, 0.5) is 5.82 Å². The molecule has 1 heterocycles. The summed E-state index contributed by atoms with van der Waals surface area (Å²) in [7, 11) is 0. The number of aromatic amines is 1. The number of H-pyrrole nitrogens is 1. The highest BCUT2D eigenvalue weighted by molar-refractivity contribution is 5.87. The Bertz CT molecular complexity index is 679. The van der Waals surface area contributed by atoms with Gasteiger partial charge in [0.1, 0.15) is 17.4 Å². The van der Waals surface area contributed by atoms with Gasteiger partial charge in [-0.15, -0.1) is 0 Å². The molecule has 2 aromatic rings. The normalized spacial score (nSPS) is 10.1. The van der Waals surface area contributed by atoms with E-state index in [0.29, 0.717) is 23.7 Å². The third kappa shape index (κ3) is 3.23. The molecule has 6 nitrogen and oxygen atoms in total. The Balaban J connectivity index is 2.49. The highest BCUT2D eigenvalue weighted by Crippen LogP contribution is 2.26. The van der Waals surface area contributed by atoms with E-state index >= 15 is 0 Å². The minimum absolute atomic E-state index is 0.211. The van der Waals surface area contributed by atoms with Crippen molar-refractivity contribution in [3.63, 3.8) is 0 Å². The Morgan fingerprint density at radius 1 is 1.40 bits per heavy atom. The van der Waals surface area contributed by atoms with Gasteiger partial charge in [-0.1, -0.05) is 12.1 Å². The monoisotopic (exact) mass is 273 g/mol. The van der Waals surface area contributed by atoms with Crippen molar-refractivity contribution in [3.8, 4) is 17.1 Å². The van der Waals surface area contributed by atoms with Crippen LogP contribution in [0.25, 0.3) is 11.4 Å². The molecular formula is C14H15N3O3. The Morgan fingerprint density at radius 3 is 2.85 bits per heavy atom. The van der Waals surface area contributed by atoms with Crippen LogP contribution in [0.15, 0.2) is 35.1 Å². The van der Waals surface area contributed by atoms with Crippen molar-refractivity contribution in [2.75, 3.05) is 11.9 Å². The molecule has 1 aromatic carbocycles. The van der Waals surface area contributed by atoms with Crippen molar-refractivity contribution in [1.82, 2.24) is 9.97 Å². The molecule has 2 N–H and O–H groups in total. The van der Waals surface area contributed by atoms with Gasteiger partial charge >= 0.3 is 0 Å². The molecule has 2 rings (SSSR count). The molecule has 0 aliphatic heterocycles. The molecule has 0 bridgehead atoms. The van der Waals surface area contributed by atoms with Crippen LogP contribution >= 0.6 is 0 Å². The number of hydrogen-bond donors (Lipinski definition) is 2. The molecule has 0 spiro atoms. The molecule has 1 amide bonds. The fraction of sp³-hybridized carbons (Fsp3) is 0.214. The highest BCUT2D eigenvalue weighted by Gasteiger charge is 2.10. The molecule has 0 radical (unpaired) electrons. The molecule has 0 unspecified atom stereocenters. The third-order valence-corrected chi connectivity index (χ3v) is 2.49. The summed E-state index contributed by atoms with van der Waals surface area (Å²) in [5.74, 6) is 0.901. The van der Waals surface area contributed by atoms with Crippen molar-refractivity contribution in [3.05, 3.63) is 40.7 Å². The summed E-state index contributed by atoms with van der Waals surface area (Å²) < 4.78 is 5.50. The van der Waals surface area contributed by atoms with E-state index in [0.717, 1.165) is 0 Å². The van der Waals surface area contributed by atoms with E-state index in [1.54, 1.807) is 12.1 Å². The number of benzene rings is 1. The fourth-order valence-electron chi connectivity index (χ4n) is 1.77. The standard InChI is InChI=1S/C14H15N3O3/c1-3-20-11-7-5-4-6-10(11)14-16-12(15-9(2)18)8-13(19)17-14/h4-8H,3H2,1-2H3,(H2,15,16,17,18,19). The summed E-state index contributed by atoms with van der Waals surface area (Å²) >= 11 is 0. The molecule has 0 fully saturated rings. The molecule has 0 saturated heterocycles. The maximum Gasteiger partial charge on any atom is 0.253 e. The first-order valence-electron chi connectivity index (χ1n) is 6.21. The smallest absolute Gasteiger partial charge is 0.253 e. The molecule has 0 saturated carbocycles. The summed E-state index contributed by atoms with van der Waals surface area (Å²) in [5, 5.41) is 2.50. The van der Waals surface area contributed by atoms with Crippen molar-refractivity contribution in [1.29, 1.82) is 0 Å². The van der Waals surface area contributed by atoms with E-state index in [1.165, 1.54) is 13.0 Å². The number of amides is 1. The van der Waals surface area contributed by atoms with Crippen molar-refractivity contribution in [2.24, 2.45) is 0 Å². The first-order chi connectivity index (χ1) is 9.60. The molecule has 104 valence electrons. The fourth-order valence-corrected chi connectivity index (χ4v) is 1.77. The molecule has 20 heavy (non-hydrogen) atoms. The largest absolute Gasteiger partial charge is 0.493 e. The van der Waals surface area contributed by atoms with Gasteiger partial charge in [0.15, 0.2) is 0 Å². The lowest BCUT2D eigenvalue weighted by atomic mass is 10.2. The zero-order valence-electron chi connectivity index (χ0n) is 11.3. The molecular weight excluding hydrogens is 258 g/mol. The quantitative estimate of drug-likeness (QED) is 0.889. The number of anilines is 1. The van der Waals surface area contributed by atoms with Crippen LogP contribution in [0, 0.1) is 0 Å². The van der Waals surface area contributed by atoms with Gasteiger partial charge < -0.3 is 15.0 Å². The third-order valence-electron chi connectivity index (χ3n) is 2.49. The maximum atomic E-state index is 11.6. The van der Waals surface area contributed by atoms with Gasteiger partial charge in [0.05, 0.1) is 12.2 Å². The second-order valence-electron chi connectivity index (χ2n) is 4.09. The van der Waals surface area contributed by atoms with Crippen LogP contribution in [0.5, 0.6) is 5.75 Å². The van der Waals surface area contributed by atoms with E-state index in [9.17, 15) is 9.59 Å². The van der Waals surface area contributed by atoms with Gasteiger partial charge in [0.2, 0.25) is 5.91 Å². The predicted molar refractivity (Wildman–Crippen MR) is 75.8 cm³/mol. The number of hydrogen-bond acceptors (Lipinski definition) is 4. The van der Waals surface area contributed by atoms with Gasteiger partial charge in [0.25, 0.3) is 5.56 Å². The average Bonchev–Trinajstić information content (AvgIpc) is 2.38. The Kier molecular flexibility index (Phi) is 4.14. The van der Waals surface area contributed by atoms with Crippen LogP contribution < -0.4 is 15.6 Å². The number of nitrogens with zero attached hydrogens (tertiary/aromatic N) is 1.